The van der Waals surface area contributed by atoms with Gasteiger partial charge in [0, 0.05) is 147 Å². The molecule has 0 radical (unpaired) electrons. The number of ether oxygens (including phenoxy) is 2. The van der Waals surface area contributed by atoms with Crippen LogP contribution in [0.2, 0.25) is 0 Å². The van der Waals surface area contributed by atoms with E-state index in [-0.39, 0.29) is 78.2 Å². The number of hydrogen-bond donors (Lipinski definition) is 7. The largest absolute Gasteiger partial charge is 0.457 e. The van der Waals surface area contributed by atoms with Crippen molar-refractivity contribution in [2.24, 2.45) is 40.2 Å². The van der Waals surface area contributed by atoms with Gasteiger partial charge < -0.3 is 100 Å². The Morgan fingerprint density at radius 1 is 0.573 bits per heavy atom. The Hall–Kier alpha value is -12.4. The van der Waals surface area contributed by atoms with Crippen molar-refractivity contribution < 1.29 is 118 Å². The number of amides is 14. The Morgan fingerprint density at radius 2 is 1.02 bits per heavy atom. The molecule has 8 N–H and O–H groups in total. The van der Waals surface area contributed by atoms with Gasteiger partial charge in [-0.3, -0.25) is 71.9 Å². The zero-order chi connectivity index (χ0) is 97.2. The van der Waals surface area contributed by atoms with E-state index in [4.69, 9.17) is 19.6 Å². The smallest absolute Gasteiger partial charge is 0.374 e. The van der Waals surface area contributed by atoms with Crippen LogP contribution in [0.15, 0.2) is 93.8 Å². The zero-order valence-electron chi connectivity index (χ0n) is 76.0. The highest BCUT2D eigenvalue weighted by Crippen LogP contribution is 2.66. The van der Waals surface area contributed by atoms with Crippen LogP contribution in [0.1, 0.15) is 92.2 Å². The number of likely N-dealkylation sites (N-methyl/N-ethyl adjacent to an activating group) is 10. The monoisotopic (exact) mass is 1870 g/mol. The van der Waals surface area contributed by atoms with E-state index in [1.54, 1.807) is 18.2 Å². The number of ketones is 1. The van der Waals surface area contributed by atoms with Gasteiger partial charge in [0.15, 0.2) is 5.78 Å². The number of hydrogen-bond acceptors (Lipinski definition) is 30. The maximum Gasteiger partial charge on any atom is 0.374 e. The molecule has 0 aliphatic heterocycles. The first-order valence-corrected chi connectivity index (χ1v) is 45.7. The Bertz CT molecular complexity index is 5190. The van der Waals surface area contributed by atoms with Crippen LogP contribution < -0.4 is 27.0 Å². The number of unbranched alkanes of at least 4 members (excludes halogenated alkanes) is 1. The van der Waals surface area contributed by atoms with Crippen LogP contribution in [-0.4, -0.2) is 390 Å². The number of nitrogens with two attached hydrogens (primary N) is 1. The molecular weight excluding hydrogens is 1750 g/mol. The van der Waals surface area contributed by atoms with Gasteiger partial charge in [-0.25, -0.2) is 41.6 Å². The normalized spacial score (nSPS) is 19.4. The number of aliphatic hydroxyl groups excluding tert-OH is 2. The number of carbonyl (C=O) groups is 16. The van der Waals surface area contributed by atoms with E-state index in [1.807, 2.05) is 13.0 Å². The lowest BCUT2D eigenvalue weighted by Crippen LogP contribution is -2.57. The Morgan fingerprint density at radius 3 is 1.45 bits per heavy atom. The molecule has 14 amide bonds. The number of sulfone groups is 2. The summed E-state index contributed by atoms with van der Waals surface area (Å²) in [6.45, 7) is -1.28. The van der Waals surface area contributed by atoms with Crippen LogP contribution in [0.4, 0.5) is 0 Å². The molecule has 0 bridgehead atoms. The van der Waals surface area contributed by atoms with Gasteiger partial charge >= 0.3 is 5.97 Å². The van der Waals surface area contributed by atoms with E-state index in [2.05, 4.69) is 55.1 Å². The van der Waals surface area contributed by atoms with Crippen molar-refractivity contribution in [2.75, 3.05) is 175 Å². The molecule has 0 saturated heterocycles. The molecule has 10 atom stereocenters. The van der Waals surface area contributed by atoms with Gasteiger partial charge in [0.05, 0.1) is 97.6 Å². The van der Waals surface area contributed by atoms with E-state index >= 15 is 0 Å². The first-order valence-electron chi connectivity index (χ1n) is 41.9. The highest BCUT2D eigenvalue weighted by Gasteiger charge is 2.64. The lowest BCUT2D eigenvalue weighted by atomic mass is 9.47. The number of fused-ring (bicyclic) bond motifs is 5. The number of benzene rings is 1. The molecule has 3 heterocycles. The molecule has 3 saturated carbocycles. The average molecular weight is 1870 g/mol. The third kappa shape index (κ3) is 27.4. The van der Waals surface area contributed by atoms with Crippen LogP contribution in [0, 0.1) is 34.5 Å². The molecular formula is C85H117N19O25S2. The topological polar surface area (TPSA) is 572 Å². The van der Waals surface area contributed by atoms with Crippen molar-refractivity contribution in [3.05, 3.63) is 96.0 Å². The SMILES string of the molecule is CC1CC2C3CCC4=CC(=O)C=CC4(C)C3C(O)CC2(C)C1OC(=O)c1cc(COCNC(=O)[C@H](CCCCN)NC(=O)[C@H](CO)NC(=O)CNC(=O)CN(C)C(=O)CN(C)C(=O)CN(C)C(=O)CN(C)C(=O)CN(C)C(=O)CN(C)C(=O)CN(C)C(=O)CN(C)C(=O)CN(C)C(=O)CN(C)C(=O)c2cc(-c3cnc(S(C)(=O)=O)nc3)cc(-c3cnc(S(C)(=O)=O)nc3)c2)co1. The Labute approximate surface area is 758 Å². The van der Waals surface area contributed by atoms with Gasteiger partial charge in [0.2, 0.25) is 113 Å². The van der Waals surface area contributed by atoms with Crippen LogP contribution in [0.5, 0.6) is 0 Å². The molecule has 4 aliphatic rings. The number of allylic oxidation sites excluding steroid dienone is 4. The van der Waals surface area contributed by atoms with Crippen LogP contribution in [0.25, 0.3) is 22.3 Å². The summed E-state index contributed by atoms with van der Waals surface area (Å²) < 4.78 is 65.8. The van der Waals surface area contributed by atoms with Crippen LogP contribution in [0.3, 0.4) is 0 Å². The predicted octanol–water partition coefficient (Wildman–Crippen LogP) is -3.25. The molecule has 714 valence electrons. The quantitative estimate of drug-likeness (QED) is 0.00991. The molecule has 3 aromatic heterocycles. The minimum absolute atomic E-state index is 0.00720. The summed E-state index contributed by atoms with van der Waals surface area (Å²) >= 11 is 0. The van der Waals surface area contributed by atoms with Gasteiger partial charge in [-0.05, 0) is 117 Å². The Kier molecular flexibility index (Phi) is 35.7. The molecule has 0 spiro atoms. The zero-order valence-corrected chi connectivity index (χ0v) is 77.7. The fourth-order valence-electron chi connectivity index (χ4n) is 16.4. The first kappa shape index (κ1) is 104. The molecule has 46 heteroatoms. The summed E-state index contributed by atoms with van der Waals surface area (Å²) in [5.74, 6) is -11.1. The maximum absolute atomic E-state index is 14.0. The van der Waals surface area contributed by atoms with E-state index in [0.717, 1.165) is 86.3 Å². The standard InChI is InChI=1S/C85H117N19O25S2/c1-50-24-60-59-20-19-57-29-58(106)21-22-84(57,2)76(59)63(107)30-85(60,3)77(50)129-81(122)64-25-51(48-128-64)47-127-49-92-78(119)61(18-16-17-23-86)94-79(120)62(46-105)93-65(108)35-87-66(109)36-95(4)67(110)37-96(5)68(111)38-97(6)69(112)39-98(7)70(113)40-99(8)71(114)41-100(9)72(115)42-101(10)73(116)43-102(11)74(117)44-103(12)75(118)45-104(13)80(121)54-27-52(55-31-88-82(89-32-55)130(14,123)124)26-53(28-54)56-33-90-83(91-34-56)131(15,125)126/h21-22,25-29,31-34,48,50,59-63,76-77,105,107H,16-20,23-24,30,35-47,49,86H2,1-15H3,(H,87,109)(H,92,119)(H,93,108)(H,94,120)/t50?,59?,60?,61-,62-,63?,76?,77?,84?,85?/m0/s1. The molecule has 4 aromatic rings. The molecule has 8 rings (SSSR count). The van der Waals surface area contributed by atoms with Crippen molar-refractivity contribution in [1.29, 1.82) is 0 Å². The van der Waals surface area contributed by atoms with Gasteiger partial charge in [0.25, 0.3) is 5.91 Å². The van der Waals surface area contributed by atoms with Gasteiger partial charge in [-0.15, -0.1) is 0 Å². The van der Waals surface area contributed by atoms with Crippen molar-refractivity contribution in [1.82, 2.24) is 90.2 Å². The predicted molar refractivity (Wildman–Crippen MR) is 466 cm³/mol. The highest BCUT2D eigenvalue weighted by molar-refractivity contribution is 7.90. The lowest BCUT2D eigenvalue weighted by Gasteiger charge is -2.58. The third-order valence-electron chi connectivity index (χ3n) is 24.0. The summed E-state index contributed by atoms with van der Waals surface area (Å²) in [5.41, 5.74) is 7.44. The van der Waals surface area contributed by atoms with E-state index in [0.29, 0.717) is 36.0 Å². The second-order valence-corrected chi connectivity index (χ2v) is 38.2. The van der Waals surface area contributed by atoms with Gasteiger partial charge in [-0.2, -0.15) is 0 Å². The number of nitrogens with one attached hydrogen (secondary N) is 4. The molecule has 44 nitrogen and oxygen atoms in total. The summed E-state index contributed by atoms with van der Waals surface area (Å²) in [4.78, 5) is 238. The van der Waals surface area contributed by atoms with Crippen molar-refractivity contribution in [2.45, 2.75) is 107 Å². The number of aliphatic hydroxyl groups is 2. The Balaban J connectivity index is 0.686. The molecule has 8 unspecified atom stereocenters. The molecule has 131 heavy (non-hydrogen) atoms. The van der Waals surface area contributed by atoms with Gasteiger partial charge in [0.1, 0.15) is 24.9 Å². The number of carbonyl (C=O) groups excluding carboxylic acids is 16. The third-order valence-corrected chi connectivity index (χ3v) is 25.7. The first-order chi connectivity index (χ1) is 61.4. The summed E-state index contributed by atoms with van der Waals surface area (Å²) in [6, 6.07) is 3.12. The number of esters is 1. The summed E-state index contributed by atoms with van der Waals surface area (Å²) in [5, 5.41) is 30.8. The maximum atomic E-state index is 14.0. The fraction of sp³-hybridized carbons (Fsp3) is 0.553. The lowest BCUT2D eigenvalue weighted by molar-refractivity contribution is -0.146. The summed E-state index contributed by atoms with van der Waals surface area (Å²) in [6.07, 6.45) is 15.9. The van der Waals surface area contributed by atoms with Crippen molar-refractivity contribution in [3.63, 3.8) is 0 Å². The molecule has 4 aliphatic carbocycles. The number of nitrogens with zero attached hydrogens (tertiary/aromatic N) is 14. The van der Waals surface area contributed by atoms with Crippen LogP contribution >= 0.6 is 0 Å². The molecule has 3 fully saturated rings. The number of furan rings is 1. The summed E-state index contributed by atoms with van der Waals surface area (Å²) in [7, 11) is 5.17. The van der Waals surface area contributed by atoms with Gasteiger partial charge in [-0.1, -0.05) is 32.4 Å². The van der Waals surface area contributed by atoms with E-state index in [1.165, 1.54) is 120 Å². The average Bonchev–Trinajstić information content (AvgIpc) is 1.60. The highest BCUT2D eigenvalue weighted by atomic mass is 32.2. The van der Waals surface area contributed by atoms with Crippen molar-refractivity contribution in [3.8, 4) is 22.3 Å². The van der Waals surface area contributed by atoms with Crippen molar-refractivity contribution >= 4 is 114 Å². The number of rotatable bonds is 42. The minimum atomic E-state index is -3.77. The number of aromatic nitrogens is 4. The molecule has 1 aromatic carbocycles. The van der Waals surface area contributed by atoms with E-state index < -0.39 is 232 Å². The van der Waals surface area contributed by atoms with E-state index in [9.17, 15) is 104 Å². The second-order valence-electron chi connectivity index (χ2n) is 34.4. The second kappa shape index (κ2) is 44.9. The van der Waals surface area contributed by atoms with Crippen LogP contribution in [-0.2, 0) is 103 Å². The fourth-order valence-corrected chi connectivity index (χ4v) is 17.3. The minimum Gasteiger partial charge on any atom is -0.457 e.